The number of carbonyl (C=O) groups is 3. The predicted octanol–water partition coefficient (Wildman–Crippen LogP) is 2.91. The molecule has 0 saturated carbocycles. The maximum absolute atomic E-state index is 11.8. The second-order valence-electron chi connectivity index (χ2n) is 6.15. The number of benzene rings is 1. The fourth-order valence-electron chi connectivity index (χ4n) is 2.23. The summed E-state index contributed by atoms with van der Waals surface area (Å²) < 4.78 is 9.93. The first kappa shape index (κ1) is 20.5. The summed E-state index contributed by atoms with van der Waals surface area (Å²) in [6, 6.07) is 9.04. The van der Waals surface area contributed by atoms with E-state index in [4.69, 9.17) is 14.6 Å². The van der Waals surface area contributed by atoms with Gasteiger partial charge < -0.3 is 19.9 Å². The molecule has 0 saturated heterocycles. The van der Waals surface area contributed by atoms with Gasteiger partial charge in [0.1, 0.15) is 0 Å². The lowest BCUT2D eigenvalue weighted by Gasteiger charge is -2.18. The zero-order valence-electron chi connectivity index (χ0n) is 14.7. The molecule has 0 aliphatic carbocycles. The highest BCUT2D eigenvalue weighted by atomic mass is 16.7. The number of alkyl carbamates (subject to hydrolysis) is 1. The zero-order valence-corrected chi connectivity index (χ0v) is 14.7. The molecule has 1 rings (SSSR count). The average molecular weight is 351 g/mol. The van der Waals surface area contributed by atoms with E-state index in [9.17, 15) is 14.4 Å². The van der Waals surface area contributed by atoms with Crippen molar-refractivity contribution >= 4 is 18.0 Å². The maximum Gasteiger partial charge on any atom is 0.410 e. The molecule has 1 aromatic rings. The lowest BCUT2D eigenvalue weighted by Crippen LogP contribution is -2.33. The maximum atomic E-state index is 11.8. The zero-order chi connectivity index (χ0) is 18.8. The first-order valence-electron chi connectivity index (χ1n) is 8.18. The number of nitrogens with one attached hydrogen (secondary N) is 1. The van der Waals surface area contributed by atoms with Gasteiger partial charge in [-0.1, -0.05) is 44.2 Å². The summed E-state index contributed by atoms with van der Waals surface area (Å²) in [7, 11) is 0. The summed E-state index contributed by atoms with van der Waals surface area (Å²) in [5, 5.41) is 11.5. The third-order valence-corrected chi connectivity index (χ3v) is 3.33. The van der Waals surface area contributed by atoms with E-state index in [-0.39, 0.29) is 31.2 Å². The summed E-state index contributed by atoms with van der Waals surface area (Å²) in [5.74, 6) is -1.63. The smallest absolute Gasteiger partial charge is 0.410 e. The first-order chi connectivity index (χ1) is 11.8. The number of ether oxygens (including phenoxy) is 2. The highest BCUT2D eigenvalue weighted by molar-refractivity contribution is 5.71. The molecule has 0 radical (unpaired) electrons. The SMILES string of the molecule is CC(C)CC(=O)O[C@@H](C)OC(=O)NC[C@H](CC(=O)O)c1ccccc1. The molecule has 138 valence electrons. The van der Waals surface area contributed by atoms with Gasteiger partial charge in [-0.25, -0.2) is 4.79 Å². The van der Waals surface area contributed by atoms with Gasteiger partial charge in [-0.15, -0.1) is 0 Å². The summed E-state index contributed by atoms with van der Waals surface area (Å²) in [5.41, 5.74) is 0.807. The Labute approximate surface area is 147 Å². The quantitative estimate of drug-likeness (QED) is 0.524. The number of carbonyl (C=O) groups excluding carboxylic acids is 2. The van der Waals surface area contributed by atoms with E-state index in [0.29, 0.717) is 0 Å². The number of hydrogen-bond donors (Lipinski definition) is 2. The van der Waals surface area contributed by atoms with Gasteiger partial charge >= 0.3 is 18.0 Å². The van der Waals surface area contributed by atoms with Crippen LogP contribution in [0.15, 0.2) is 30.3 Å². The number of carboxylic acid groups (broad SMARTS) is 1. The minimum atomic E-state index is -1.01. The predicted molar refractivity (Wildman–Crippen MR) is 90.9 cm³/mol. The molecule has 0 fully saturated rings. The molecule has 0 spiro atoms. The molecular weight excluding hydrogens is 326 g/mol. The van der Waals surface area contributed by atoms with Crippen LogP contribution < -0.4 is 5.32 Å². The van der Waals surface area contributed by atoms with E-state index < -0.39 is 24.3 Å². The van der Waals surface area contributed by atoms with Crippen molar-refractivity contribution in [2.24, 2.45) is 5.92 Å². The van der Waals surface area contributed by atoms with E-state index in [1.54, 1.807) is 24.3 Å². The highest BCUT2D eigenvalue weighted by Gasteiger charge is 2.19. The van der Waals surface area contributed by atoms with Gasteiger partial charge in [0.05, 0.1) is 6.42 Å². The molecule has 0 unspecified atom stereocenters. The van der Waals surface area contributed by atoms with Crippen molar-refractivity contribution in [2.45, 2.75) is 45.8 Å². The number of amides is 1. The summed E-state index contributed by atoms with van der Waals surface area (Å²) in [4.78, 5) is 34.3. The summed E-state index contributed by atoms with van der Waals surface area (Å²) in [6.45, 7) is 5.31. The van der Waals surface area contributed by atoms with Gasteiger partial charge in [-0.05, 0) is 11.5 Å². The Balaban J connectivity index is 2.49. The van der Waals surface area contributed by atoms with Gasteiger partial charge in [0.25, 0.3) is 0 Å². The first-order valence-corrected chi connectivity index (χ1v) is 8.18. The molecular formula is C18H25NO6. The van der Waals surface area contributed by atoms with Crippen molar-refractivity contribution in [3.05, 3.63) is 35.9 Å². The van der Waals surface area contributed by atoms with Crippen molar-refractivity contribution in [1.29, 1.82) is 0 Å². The van der Waals surface area contributed by atoms with Crippen LogP contribution in [-0.2, 0) is 19.1 Å². The van der Waals surface area contributed by atoms with Crippen molar-refractivity contribution < 1.29 is 29.0 Å². The molecule has 0 aliphatic heterocycles. The normalized spacial score (nSPS) is 13.0. The highest BCUT2D eigenvalue weighted by Crippen LogP contribution is 2.18. The standard InChI is InChI=1S/C18H25NO6/c1-12(2)9-17(22)24-13(3)25-18(23)19-11-15(10-16(20)21)14-7-5-4-6-8-14/h4-8,12-13,15H,9-11H2,1-3H3,(H,19,23)(H,20,21)/t13-,15+/m1/s1. The van der Waals surface area contributed by atoms with E-state index >= 15 is 0 Å². The van der Waals surface area contributed by atoms with Crippen molar-refractivity contribution in [2.75, 3.05) is 6.54 Å². The third kappa shape index (κ3) is 8.74. The van der Waals surface area contributed by atoms with Gasteiger partial charge in [-0.3, -0.25) is 9.59 Å². The number of esters is 1. The van der Waals surface area contributed by atoms with Crippen LogP contribution in [0.4, 0.5) is 4.79 Å². The van der Waals surface area contributed by atoms with Crippen LogP contribution in [0, 0.1) is 5.92 Å². The van der Waals surface area contributed by atoms with E-state index in [1.807, 2.05) is 19.9 Å². The molecule has 0 heterocycles. The van der Waals surface area contributed by atoms with Crippen molar-refractivity contribution in [3.8, 4) is 0 Å². The number of rotatable bonds is 9. The van der Waals surface area contributed by atoms with Gasteiger partial charge in [0.15, 0.2) is 0 Å². The Bertz CT molecular complexity index is 572. The molecule has 0 aliphatic rings. The second-order valence-corrected chi connectivity index (χ2v) is 6.15. The van der Waals surface area contributed by atoms with Gasteiger partial charge in [0.2, 0.25) is 6.29 Å². The van der Waals surface area contributed by atoms with Crippen LogP contribution in [-0.4, -0.2) is 36.0 Å². The lowest BCUT2D eigenvalue weighted by molar-refractivity contribution is -0.165. The fraction of sp³-hybridized carbons (Fsp3) is 0.500. The van der Waals surface area contributed by atoms with Crippen molar-refractivity contribution in [3.63, 3.8) is 0 Å². The van der Waals surface area contributed by atoms with E-state index in [2.05, 4.69) is 5.32 Å². The third-order valence-electron chi connectivity index (χ3n) is 3.33. The van der Waals surface area contributed by atoms with Crippen LogP contribution in [0.2, 0.25) is 0 Å². The molecule has 7 heteroatoms. The molecule has 25 heavy (non-hydrogen) atoms. The fourth-order valence-corrected chi connectivity index (χ4v) is 2.23. The van der Waals surface area contributed by atoms with Crippen LogP contribution >= 0.6 is 0 Å². The Morgan fingerprint density at radius 2 is 1.68 bits per heavy atom. The monoisotopic (exact) mass is 351 g/mol. The topological polar surface area (TPSA) is 102 Å². The van der Waals surface area contributed by atoms with Gasteiger partial charge in [-0.2, -0.15) is 0 Å². The van der Waals surface area contributed by atoms with Crippen molar-refractivity contribution in [1.82, 2.24) is 5.32 Å². The largest absolute Gasteiger partial charge is 0.481 e. The number of hydrogen-bond acceptors (Lipinski definition) is 5. The molecule has 2 atom stereocenters. The molecule has 1 amide bonds. The molecule has 0 aromatic heterocycles. The van der Waals surface area contributed by atoms with Crippen LogP contribution in [0.1, 0.15) is 45.1 Å². The Morgan fingerprint density at radius 3 is 2.24 bits per heavy atom. The van der Waals surface area contributed by atoms with E-state index in [0.717, 1.165) is 5.56 Å². The second kappa shape index (κ2) is 10.3. The minimum Gasteiger partial charge on any atom is -0.481 e. The summed E-state index contributed by atoms with van der Waals surface area (Å²) >= 11 is 0. The molecule has 0 bridgehead atoms. The van der Waals surface area contributed by atoms with Crippen LogP contribution in [0.25, 0.3) is 0 Å². The Kier molecular flexibility index (Phi) is 8.46. The molecule has 7 nitrogen and oxygen atoms in total. The van der Waals surface area contributed by atoms with Gasteiger partial charge in [0, 0.05) is 25.8 Å². The number of carboxylic acids is 1. The molecule has 2 N–H and O–H groups in total. The van der Waals surface area contributed by atoms with Crippen LogP contribution in [0.5, 0.6) is 0 Å². The van der Waals surface area contributed by atoms with Crippen LogP contribution in [0.3, 0.4) is 0 Å². The Morgan fingerprint density at radius 1 is 1.04 bits per heavy atom. The minimum absolute atomic E-state index is 0.0990. The number of aliphatic carboxylic acids is 1. The average Bonchev–Trinajstić information content (AvgIpc) is 2.50. The Hall–Kier alpha value is -2.57. The molecule has 1 aromatic carbocycles. The lowest BCUT2D eigenvalue weighted by atomic mass is 9.96. The summed E-state index contributed by atoms with van der Waals surface area (Å²) in [6.07, 6.45) is -1.66. The van der Waals surface area contributed by atoms with E-state index in [1.165, 1.54) is 6.92 Å².